The van der Waals surface area contributed by atoms with Crippen LogP contribution in [0.2, 0.25) is 0 Å². The quantitative estimate of drug-likeness (QED) is 0.368. The van der Waals surface area contributed by atoms with Gasteiger partial charge in [-0.1, -0.05) is 66.7 Å². The molecule has 0 bridgehead atoms. The van der Waals surface area contributed by atoms with Gasteiger partial charge < -0.3 is 4.90 Å². The van der Waals surface area contributed by atoms with Crippen molar-refractivity contribution in [1.82, 2.24) is 0 Å². The summed E-state index contributed by atoms with van der Waals surface area (Å²) in [5.41, 5.74) is 0.549. The third-order valence-corrected chi connectivity index (χ3v) is 6.69. The van der Waals surface area contributed by atoms with Crippen LogP contribution >= 0.6 is 0 Å². The van der Waals surface area contributed by atoms with E-state index in [2.05, 4.69) is 6.58 Å². The van der Waals surface area contributed by atoms with Gasteiger partial charge in [0.05, 0.1) is 11.0 Å². The average Bonchev–Trinajstić information content (AvgIpc) is 3.46. The summed E-state index contributed by atoms with van der Waals surface area (Å²) >= 11 is 0. The third kappa shape index (κ3) is 3.04. The third-order valence-electron chi connectivity index (χ3n) is 6.69. The van der Waals surface area contributed by atoms with Crippen molar-refractivity contribution in [2.45, 2.75) is 17.5 Å². The Labute approximate surface area is 189 Å². The molecule has 1 aliphatic carbocycles. The fourth-order valence-corrected chi connectivity index (χ4v) is 5.28. The number of fused-ring (bicyclic) bond motifs is 2. The van der Waals surface area contributed by atoms with E-state index < -0.39 is 29.0 Å². The predicted octanol–water partition coefficient (Wildman–Crippen LogP) is 5.77. The molecule has 3 atom stereocenters. The number of nitrogens with zero attached hydrogens (tertiary/aromatic N) is 1. The van der Waals surface area contributed by atoms with Crippen molar-refractivity contribution in [1.29, 1.82) is 0 Å². The number of alkyl halides is 3. The number of halogens is 3. The molecule has 3 aromatic rings. The highest BCUT2D eigenvalue weighted by Gasteiger charge is 2.77. The molecule has 0 N–H and O–H groups in total. The summed E-state index contributed by atoms with van der Waals surface area (Å²) in [5.74, 6) is -1.68. The lowest BCUT2D eigenvalue weighted by atomic mass is 9.90. The van der Waals surface area contributed by atoms with Crippen molar-refractivity contribution in [3.05, 3.63) is 114 Å². The largest absolute Gasteiger partial charge is 0.416 e. The fraction of sp³-hybridized carbons (Fsp3) is 0.185. The van der Waals surface area contributed by atoms with Crippen LogP contribution in [0.25, 0.3) is 0 Å². The SMILES string of the molecule is C=CCN1C(=O)C2(c3ccccc31)C(C(=O)c1ccccc1)C2c1ccc(C(F)(F)F)cc1. The van der Waals surface area contributed by atoms with E-state index >= 15 is 0 Å². The summed E-state index contributed by atoms with van der Waals surface area (Å²) in [4.78, 5) is 29.1. The molecule has 1 saturated carbocycles. The summed E-state index contributed by atoms with van der Waals surface area (Å²) in [6.45, 7) is 4.03. The van der Waals surface area contributed by atoms with E-state index in [1.807, 2.05) is 24.3 Å². The molecule has 0 saturated heterocycles. The Morgan fingerprint density at radius 1 is 0.970 bits per heavy atom. The number of benzene rings is 3. The molecule has 3 aromatic carbocycles. The topological polar surface area (TPSA) is 37.4 Å². The Morgan fingerprint density at radius 2 is 1.61 bits per heavy atom. The first-order valence-electron chi connectivity index (χ1n) is 10.6. The first kappa shape index (κ1) is 21.2. The second kappa shape index (κ2) is 7.44. The molecule has 1 aliphatic heterocycles. The molecule has 1 amide bonds. The van der Waals surface area contributed by atoms with Crippen molar-refractivity contribution in [2.24, 2.45) is 5.92 Å². The van der Waals surface area contributed by atoms with Crippen molar-refractivity contribution < 1.29 is 22.8 Å². The van der Waals surface area contributed by atoms with E-state index in [0.29, 0.717) is 16.8 Å². The van der Waals surface area contributed by atoms with E-state index in [9.17, 15) is 22.8 Å². The summed E-state index contributed by atoms with van der Waals surface area (Å²) < 4.78 is 39.4. The van der Waals surface area contributed by atoms with Gasteiger partial charge in [0.1, 0.15) is 0 Å². The zero-order valence-electron chi connectivity index (χ0n) is 17.5. The van der Waals surface area contributed by atoms with Crippen LogP contribution < -0.4 is 4.90 Å². The Hall–Kier alpha value is -3.67. The standard InChI is InChI=1S/C27H20F3NO2/c1-2-16-31-21-11-7-6-10-20(21)26(25(31)33)22(17-12-14-19(15-13-17)27(28,29)30)23(26)24(32)18-8-4-3-5-9-18/h2-15,22-23H,1,16H2. The molecule has 5 rings (SSSR count). The van der Waals surface area contributed by atoms with Crippen molar-refractivity contribution in [2.75, 3.05) is 11.4 Å². The average molecular weight is 447 g/mol. The first-order chi connectivity index (χ1) is 15.8. The summed E-state index contributed by atoms with van der Waals surface area (Å²) in [6.07, 6.45) is -2.84. The Bertz CT molecular complexity index is 1250. The van der Waals surface area contributed by atoms with Gasteiger partial charge in [-0.25, -0.2) is 0 Å². The van der Waals surface area contributed by atoms with Gasteiger partial charge >= 0.3 is 6.18 Å². The minimum Gasteiger partial charge on any atom is -0.307 e. The smallest absolute Gasteiger partial charge is 0.307 e. The molecule has 3 unspecified atom stereocenters. The number of Topliss-reactive ketones (excluding diaryl/α,β-unsaturated/α-hetero) is 1. The molecule has 33 heavy (non-hydrogen) atoms. The van der Waals surface area contributed by atoms with E-state index in [4.69, 9.17) is 0 Å². The van der Waals surface area contributed by atoms with Crippen LogP contribution in [-0.4, -0.2) is 18.2 Å². The second-order valence-corrected chi connectivity index (χ2v) is 8.40. The minimum atomic E-state index is -4.46. The Morgan fingerprint density at radius 3 is 2.24 bits per heavy atom. The Balaban J connectivity index is 1.66. The van der Waals surface area contributed by atoms with E-state index in [-0.39, 0.29) is 18.2 Å². The molecule has 0 radical (unpaired) electrons. The number of para-hydroxylation sites is 1. The maximum Gasteiger partial charge on any atom is 0.416 e. The lowest BCUT2D eigenvalue weighted by Gasteiger charge is -2.16. The lowest BCUT2D eigenvalue weighted by Crippen LogP contribution is -2.34. The highest BCUT2D eigenvalue weighted by molar-refractivity contribution is 6.18. The maximum absolute atomic E-state index is 13.8. The number of carbonyl (C=O) groups is 2. The van der Waals surface area contributed by atoms with Gasteiger partial charge in [-0.2, -0.15) is 13.2 Å². The number of hydrogen-bond donors (Lipinski definition) is 0. The van der Waals surface area contributed by atoms with Crippen LogP contribution in [0.5, 0.6) is 0 Å². The van der Waals surface area contributed by atoms with E-state index in [1.54, 1.807) is 41.3 Å². The lowest BCUT2D eigenvalue weighted by molar-refractivity contribution is -0.137. The summed E-state index contributed by atoms with van der Waals surface area (Å²) in [5, 5.41) is 0. The van der Waals surface area contributed by atoms with Crippen LogP contribution in [0, 0.1) is 5.92 Å². The normalized spacial score (nSPS) is 23.5. The predicted molar refractivity (Wildman–Crippen MR) is 119 cm³/mol. The highest BCUT2D eigenvalue weighted by atomic mass is 19.4. The van der Waals surface area contributed by atoms with Crippen molar-refractivity contribution in [3.8, 4) is 0 Å². The van der Waals surface area contributed by atoms with Crippen molar-refractivity contribution in [3.63, 3.8) is 0 Å². The summed E-state index contributed by atoms with van der Waals surface area (Å²) in [7, 11) is 0. The van der Waals surface area contributed by atoms with Gasteiger partial charge in [-0.3, -0.25) is 9.59 Å². The molecule has 3 nitrogen and oxygen atoms in total. The fourth-order valence-electron chi connectivity index (χ4n) is 5.28. The van der Waals surface area contributed by atoms with Gasteiger partial charge in [0.15, 0.2) is 5.78 Å². The molecule has 166 valence electrons. The molecule has 1 fully saturated rings. The molecule has 0 aromatic heterocycles. The van der Waals surface area contributed by atoms with Crippen LogP contribution in [0.3, 0.4) is 0 Å². The van der Waals surface area contributed by atoms with Gasteiger partial charge in [-0.05, 0) is 29.3 Å². The van der Waals surface area contributed by atoms with Gasteiger partial charge in [-0.15, -0.1) is 6.58 Å². The van der Waals surface area contributed by atoms with Crippen LogP contribution in [-0.2, 0) is 16.4 Å². The first-order valence-corrected chi connectivity index (χ1v) is 10.6. The molecular weight excluding hydrogens is 427 g/mol. The number of amides is 1. The molecule has 1 heterocycles. The van der Waals surface area contributed by atoms with Crippen LogP contribution in [0.15, 0.2) is 91.5 Å². The zero-order chi connectivity index (χ0) is 23.4. The molecule has 2 aliphatic rings. The number of rotatable bonds is 5. The van der Waals surface area contributed by atoms with Gasteiger partial charge in [0.2, 0.25) is 5.91 Å². The number of anilines is 1. The van der Waals surface area contributed by atoms with Crippen LogP contribution in [0.1, 0.15) is 33.0 Å². The van der Waals surface area contributed by atoms with Gasteiger partial charge in [0, 0.05) is 29.6 Å². The molecular formula is C27H20F3NO2. The zero-order valence-corrected chi connectivity index (χ0v) is 17.5. The van der Waals surface area contributed by atoms with Crippen LogP contribution in [0.4, 0.5) is 18.9 Å². The Kier molecular flexibility index (Phi) is 4.78. The molecule has 1 spiro atoms. The number of carbonyl (C=O) groups excluding carboxylic acids is 2. The van der Waals surface area contributed by atoms with Crippen molar-refractivity contribution >= 4 is 17.4 Å². The highest BCUT2D eigenvalue weighted by Crippen LogP contribution is 2.71. The number of hydrogen-bond acceptors (Lipinski definition) is 2. The summed E-state index contributed by atoms with van der Waals surface area (Å²) in [6, 6.07) is 20.8. The number of ketones is 1. The maximum atomic E-state index is 13.8. The van der Waals surface area contributed by atoms with Gasteiger partial charge in [0.25, 0.3) is 0 Å². The second-order valence-electron chi connectivity index (χ2n) is 8.40. The van der Waals surface area contributed by atoms with E-state index in [1.165, 1.54) is 12.1 Å². The van der Waals surface area contributed by atoms with E-state index in [0.717, 1.165) is 17.7 Å². The minimum absolute atomic E-state index is 0.191. The molecule has 6 heteroatoms. The monoisotopic (exact) mass is 447 g/mol.